The van der Waals surface area contributed by atoms with E-state index in [-0.39, 0.29) is 22.4 Å². The van der Waals surface area contributed by atoms with Crippen LogP contribution in [-0.4, -0.2) is 23.0 Å². The van der Waals surface area contributed by atoms with Crippen LogP contribution in [0.3, 0.4) is 0 Å². The molecule has 1 fully saturated rings. The lowest BCUT2D eigenvalue weighted by Gasteiger charge is -2.14. The van der Waals surface area contributed by atoms with Crippen molar-refractivity contribution in [2.45, 2.75) is 18.4 Å². The topological polar surface area (TPSA) is 88.0 Å². The third kappa shape index (κ3) is 1.92. The van der Waals surface area contributed by atoms with Gasteiger partial charge in [-0.3, -0.25) is 9.59 Å². The van der Waals surface area contributed by atoms with Crippen molar-refractivity contribution in [2.24, 2.45) is 5.73 Å². The largest absolute Gasteiger partial charge is 0.367 e. The highest BCUT2D eigenvalue weighted by Crippen LogP contribution is 2.33. The van der Waals surface area contributed by atoms with E-state index >= 15 is 0 Å². The van der Waals surface area contributed by atoms with Gasteiger partial charge in [0.1, 0.15) is 5.56 Å². The molecule has 1 aromatic rings. The molecule has 0 radical (unpaired) electrons. The van der Waals surface area contributed by atoms with Crippen molar-refractivity contribution in [1.82, 2.24) is 10.3 Å². The zero-order valence-electron chi connectivity index (χ0n) is 8.25. The molecule has 0 bridgehead atoms. The molecule has 1 amide bonds. The van der Waals surface area contributed by atoms with Crippen LogP contribution in [0.5, 0.6) is 0 Å². The Morgan fingerprint density at radius 3 is 2.87 bits per heavy atom. The van der Waals surface area contributed by atoms with E-state index in [0.29, 0.717) is 6.54 Å². The van der Waals surface area contributed by atoms with E-state index in [1.165, 1.54) is 18.5 Å². The first-order valence-corrected chi connectivity index (χ1v) is 4.87. The van der Waals surface area contributed by atoms with Gasteiger partial charge in [-0.2, -0.15) is 0 Å². The third-order valence-electron chi connectivity index (χ3n) is 2.69. The van der Waals surface area contributed by atoms with Crippen LogP contribution in [0.25, 0.3) is 0 Å². The number of hydrogen-bond donors (Lipinski definition) is 3. The zero-order valence-corrected chi connectivity index (χ0v) is 8.25. The normalized spacial score (nSPS) is 17.1. The van der Waals surface area contributed by atoms with Crippen molar-refractivity contribution in [3.63, 3.8) is 0 Å². The number of aromatic nitrogens is 1. The fourth-order valence-electron chi connectivity index (χ4n) is 1.43. The Kier molecular flexibility index (Phi) is 2.32. The van der Waals surface area contributed by atoms with Gasteiger partial charge in [-0.15, -0.1) is 0 Å². The molecule has 0 unspecified atom stereocenters. The van der Waals surface area contributed by atoms with Crippen molar-refractivity contribution in [3.8, 4) is 0 Å². The lowest BCUT2D eigenvalue weighted by atomic mass is 10.2. The number of nitrogens with two attached hydrogens (primary N) is 1. The minimum absolute atomic E-state index is 0.136. The second kappa shape index (κ2) is 3.51. The number of pyridine rings is 1. The number of nitrogens with one attached hydrogen (secondary N) is 2. The Balaban J connectivity index is 2.15. The maximum Gasteiger partial charge on any atom is 0.257 e. The van der Waals surface area contributed by atoms with Gasteiger partial charge >= 0.3 is 0 Å². The maximum absolute atomic E-state index is 11.7. The minimum Gasteiger partial charge on any atom is -0.367 e. The van der Waals surface area contributed by atoms with Crippen LogP contribution in [0, 0.1) is 0 Å². The molecule has 2 rings (SSSR count). The molecule has 1 saturated carbocycles. The highest BCUT2D eigenvalue weighted by Gasteiger charge is 2.42. The highest BCUT2D eigenvalue weighted by molar-refractivity contribution is 5.94. The van der Waals surface area contributed by atoms with Crippen molar-refractivity contribution in [1.29, 1.82) is 0 Å². The SMILES string of the molecule is NCC1(NC(=O)c2c[nH]ccc2=O)CC1. The quantitative estimate of drug-likeness (QED) is 0.630. The van der Waals surface area contributed by atoms with Crippen molar-refractivity contribution in [3.05, 3.63) is 34.2 Å². The van der Waals surface area contributed by atoms with Gasteiger partial charge in [-0.05, 0) is 12.8 Å². The molecule has 5 heteroatoms. The predicted octanol–water partition coefficient (Wildman–Crippen LogP) is -0.404. The molecule has 0 saturated heterocycles. The average molecular weight is 207 g/mol. The molecule has 15 heavy (non-hydrogen) atoms. The lowest BCUT2D eigenvalue weighted by Crippen LogP contribution is -2.43. The second-order valence-electron chi connectivity index (χ2n) is 3.86. The van der Waals surface area contributed by atoms with E-state index in [1.807, 2.05) is 0 Å². The summed E-state index contributed by atoms with van der Waals surface area (Å²) in [5.74, 6) is -0.347. The van der Waals surface area contributed by atoms with Crippen LogP contribution in [-0.2, 0) is 0 Å². The smallest absolute Gasteiger partial charge is 0.257 e. The summed E-state index contributed by atoms with van der Waals surface area (Å²) in [5.41, 5.74) is 5.13. The Morgan fingerprint density at radius 1 is 1.60 bits per heavy atom. The molecule has 4 N–H and O–H groups in total. The van der Waals surface area contributed by atoms with Crippen LogP contribution < -0.4 is 16.5 Å². The molecule has 1 aromatic heterocycles. The molecule has 1 aliphatic carbocycles. The molecule has 5 nitrogen and oxygen atoms in total. The Labute approximate surface area is 86.7 Å². The van der Waals surface area contributed by atoms with E-state index in [4.69, 9.17) is 5.73 Å². The van der Waals surface area contributed by atoms with Gasteiger partial charge in [-0.1, -0.05) is 0 Å². The first kappa shape index (κ1) is 9.92. The van der Waals surface area contributed by atoms with Gasteiger partial charge < -0.3 is 16.0 Å². The first-order valence-electron chi connectivity index (χ1n) is 4.87. The first-order chi connectivity index (χ1) is 7.17. The number of hydrogen-bond acceptors (Lipinski definition) is 3. The summed E-state index contributed by atoms with van der Waals surface area (Å²) < 4.78 is 0. The van der Waals surface area contributed by atoms with Gasteiger partial charge in [0.25, 0.3) is 5.91 Å². The standard InChI is InChI=1S/C10H13N3O2/c11-6-10(2-3-10)13-9(15)7-5-12-4-1-8(7)14/h1,4-5H,2-3,6,11H2,(H,12,14)(H,13,15). The van der Waals surface area contributed by atoms with Crippen LogP contribution in [0.15, 0.2) is 23.3 Å². The second-order valence-corrected chi connectivity index (χ2v) is 3.86. The summed E-state index contributed by atoms with van der Waals surface area (Å²) in [7, 11) is 0. The number of aromatic amines is 1. The van der Waals surface area contributed by atoms with Gasteiger partial charge in [-0.25, -0.2) is 0 Å². The highest BCUT2D eigenvalue weighted by atomic mass is 16.2. The molecule has 0 spiro atoms. The summed E-state index contributed by atoms with van der Waals surface area (Å²) in [6.07, 6.45) is 4.68. The third-order valence-corrected chi connectivity index (χ3v) is 2.69. The van der Waals surface area contributed by atoms with Crippen molar-refractivity contribution < 1.29 is 4.79 Å². The van der Waals surface area contributed by atoms with Crippen LogP contribution in [0.1, 0.15) is 23.2 Å². The molecule has 80 valence electrons. The van der Waals surface area contributed by atoms with E-state index < -0.39 is 0 Å². The van der Waals surface area contributed by atoms with E-state index in [2.05, 4.69) is 10.3 Å². The summed E-state index contributed by atoms with van der Waals surface area (Å²) in [6, 6.07) is 1.33. The summed E-state index contributed by atoms with van der Waals surface area (Å²) in [4.78, 5) is 25.8. The summed E-state index contributed by atoms with van der Waals surface area (Å²) in [5, 5.41) is 2.79. The molecular formula is C10H13N3O2. The van der Waals surface area contributed by atoms with E-state index in [9.17, 15) is 9.59 Å². The fourth-order valence-corrected chi connectivity index (χ4v) is 1.43. The lowest BCUT2D eigenvalue weighted by molar-refractivity contribution is 0.0931. The van der Waals surface area contributed by atoms with Crippen LogP contribution in [0.2, 0.25) is 0 Å². The Morgan fingerprint density at radius 2 is 2.33 bits per heavy atom. The van der Waals surface area contributed by atoms with Crippen LogP contribution in [0.4, 0.5) is 0 Å². The fraction of sp³-hybridized carbons (Fsp3) is 0.400. The molecule has 1 aliphatic rings. The van der Waals surface area contributed by atoms with Crippen molar-refractivity contribution in [2.75, 3.05) is 6.54 Å². The molecule has 0 aromatic carbocycles. The zero-order chi connectivity index (χ0) is 10.9. The minimum atomic E-state index is -0.347. The maximum atomic E-state index is 11.7. The van der Waals surface area contributed by atoms with Crippen LogP contribution >= 0.6 is 0 Å². The van der Waals surface area contributed by atoms with Gasteiger partial charge in [0.05, 0.1) is 5.54 Å². The van der Waals surface area contributed by atoms with Gasteiger partial charge in [0.2, 0.25) is 0 Å². The molecule has 1 heterocycles. The number of carbonyl (C=O) groups is 1. The Bertz CT molecular complexity index is 434. The van der Waals surface area contributed by atoms with E-state index in [1.54, 1.807) is 0 Å². The number of rotatable bonds is 3. The number of carbonyl (C=O) groups excluding carboxylic acids is 1. The molecule has 0 aliphatic heterocycles. The number of amides is 1. The Hall–Kier alpha value is -1.62. The number of H-pyrrole nitrogens is 1. The monoisotopic (exact) mass is 207 g/mol. The molecule has 0 atom stereocenters. The average Bonchev–Trinajstić information content (AvgIpc) is 2.99. The molecular weight excluding hydrogens is 194 g/mol. The van der Waals surface area contributed by atoms with Crippen molar-refractivity contribution >= 4 is 5.91 Å². The summed E-state index contributed by atoms with van der Waals surface area (Å²) >= 11 is 0. The van der Waals surface area contributed by atoms with E-state index in [0.717, 1.165) is 12.8 Å². The van der Waals surface area contributed by atoms with Gasteiger partial charge in [0, 0.05) is 25.0 Å². The van der Waals surface area contributed by atoms with Gasteiger partial charge in [0.15, 0.2) is 5.43 Å². The predicted molar refractivity (Wildman–Crippen MR) is 55.5 cm³/mol. The summed E-state index contributed by atoms with van der Waals surface area (Å²) in [6.45, 7) is 0.420.